The molecule has 0 aromatic heterocycles. The number of ether oxygens (including phenoxy) is 1. The van der Waals surface area contributed by atoms with Gasteiger partial charge in [-0.15, -0.1) is 0 Å². The van der Waals surface area contributed by atoms with Crippen molar-refractivity contribution in [2.75, 3.05) is 18.1 Å². The predicted octanol–water partition coefficient (Wildman–Crippen LogP) is 1.32. The molecule has 0 saturated carbocycles. The molecular weight excluding hydrogens is 290 g/mol. The first kappa shape index (κ1) is 15.8. The molecule has 0 spiro atoms. The Morgan fingerprint density at radius 1 is 1.33 bits per heavy atom. The van der Waals surface area contributed by atoms with Crippen LogP contribution in [-0.4, -0.2) is 38.5 Å². The summed E-state index contributed by atoms with van der Waals surface area (Å²) in [5.41, 5.74) is 1.24. The van der Waals surface area contributed by atoms with Crippen LogP contribution in [-0.2, 0) is 21.1 Å². The molecular formula is C15H21NO4S. The molecule has 1 fully saturated rings. The van der Waals surface area contributed by atoms with E-state index < -0.39 is 9.84 Å². The van der Waals surface area contributed by atoms with Gasteiger partial charge in [-0.2, -0.15) is 0 Å². The van der Waals surface area contributed by atoms with Gasteiger partial charge in [0, 0.05) is 6.04 Å². The molecule has 1 unspecified atom stereocenters. The first-order chi connectivity index (χ1) is 9.98. The summed E-state index contributed by atoms with van der Waals surface area (Å²) in [6, 6.07) is 7.53. The maximum absolute atomic E-state index is 11.7. The van der Waals surface area contributed by atoms with Crippen molar-refractivity contribution in [3.8, 4) is 5.75 Å². The third-order valence-corrected chi connectivity index (χ3v) is 5.29. The topological polar surface area (TPSA) is 72.5 Å². The molecule has 0 bridgehead atoms. The summed E-state index contributed by atoms with van der Waals surface area (Å²) in [5.74, 6) is 0.793. The normalized spacial score (nSPS) is 20.1. The minimum Gasteiger partial charge on any atom is -0.493 e. The van der Waals surface area contributed by atoms with Gasteiger partial charge in [-0.1, -0.05) is 19.1 Å². The lowest BCUT2D eigenvalue weighted by atomic mass is 10.2. The standard InChI is InChI=1S/C15H21NO4S/c1-2-12-3-5-14(6-4-12)20-9-7-15(17)16-13-8-10-21(18,19)11-13/h3-6,13H,2,7-11H2,1H3,(H,16,17). The SMILES string of the molecule is CCc1ccc(OCCC(=O)NC2CCS(=O)(=O)C2)cc1. The van der Waals surface area contributed by atoms with Crippen LogP contribution in [0.5, 0.6) is 5.75 Å². The van der Waals surface area contributed by atoms with Crippen molar-refractivity contribution in [3.05, 3.63) is 29.8 Å². The molecule has 1 heterocycles. The third kappa shape index (κ3) is 5.04. The fraction of sp³-hybridized carbons (Fsp3) is 0.533. The van der Waals surface area contributed by atoms with Crippen molar-refractivity contribution < 1.29 is 17.9 Å². The van der Waals surface area contributed by atoms with E-state index >= 15 is 0 Å². The van der Waals surface area contributed by atoms with E-state index in [2.05, 4.69) is 12.2 Å². The Balaban J connectivity index is 1.69. The van der Waals surface area contributed by atoms with Gasteiger partial charge in [0.15, 0.2) is 9.84 Å². The second-order valence-corrected chi connectivity index (χ2v) is 7.49. The Morgan fingerprint density at radius 2 is 2.05 bits per heavy atom. The Kier molecular flexibility index (Phi) is 5.22. The first-order valence-electron chi connectivity index (χ1n) is 7.20. The molecule has 1 aromatic rings. The second kappa shape index (κ2) is 6.93. The van der Waals surface area contributed by atoms with E-state index in [1.807, 2.05) is 24.3 Å². The summed E-state index contributed by atoms with van der Waals surface area (Å²) in [6.45, 7) is 2.38. The highest BCUT2D eigenvalue weighted by Gasteiger charge is 2.28. The average molecular weight is 311 g/mol. The summed E-state index contributed by atoms with van der Waals surface area (Å²) in [5, 5.41) is 2.74. The van der Waals surface area contributed by atoms with Gasteiger partial charge in [-0.05, 0) is 30.5 Å². The minimum atomic E-state index is -2.96. The van der Waals surface area contributed by atoms with Crippen LogP contribution in [0.3, 0.4) is 0 Å². The molecule has 0 radical (unpaired) electrons. The van der Waals surface area contributed by atoms with E-state index in [1.54, 1.807) is 0 Å². The molecule has 1 aliphatic heterocycles. The molecule has 2 rings (SSSR count). The fourth-order valence-electron chi connectivity index (χ4n) is 2.29. The highest BCUT2D eigenvalue weighted by Crippen LogP contribution is 2.13. The molecule has 116 valence electrons. The van der Waals surface area contributed by atoms with Gasteiger partial charge < -0.3 is 10.1 Å². The lowest BCUT2D eigenvalue weighted by Crippen LogP contribution is -2.36. The van der Waals surface area contributed by atoms with Crippen LogP contribution in [0.1, 0.15) is 25.3 Å². The summed E-state index contributed by atoms with van der Waals surface area (Å²) in [4.78, 5) is 11.7. The van der Waals surface area contributed by atoms with Gasteiger partial charge in [0.2, 0.25) is 5.91 Å². The van der Waals surface area contributed by atoms with E-state index in [0.717, 1.165) is 12.2 Å². The Labute approximate surface area is 125 Å². The van der Waals surface area contributed by atoms with E-state index in [4.69, 9.17) is 4.74 Å². The molecule has 1 aromatic carbocycles. The van der Waals surface area contributed by atoms with Crippen LogP contribution in [0.15, 0.2) is 24.3 Å². The predicted molar refractivity (Wildman–Crippen MR) is 81.1 cm³/mol. The van der Waals surface area contributed by atoms with Crippen LogP contribution < -0.4 is 10.1 Å². The molecule has 1 aliphatic rings. The molecule has 6 heteroatoms. The van der Waals surface area contributed by atoms with Crippen molar-refractivity contribution >= 4 is 15.7 Å². The molecule has 5 nitrogen and oxygen atoms in total. The van der Waals surface area contributed by atoms with Crippen molar-refractivity contribution in [1.29, 1.82) is 0 Å². The number of carbonyl (C=O) groups excluding carboxylic acids is 1. The number of hydrogen-bond acceptors (Lipinski definition) is 4. The summed E-state index contributed by atoms with van der Waals surface area (Å²) < 4.78 is 28.1. The van der Waals surface area contributed by atoms with Gasteiger partial charge in [0.1, 0.15) is 5.75 Å². The largest absolute Gasteiger partial charge is 0.493 e. The zero-order chi connectivity index (χ0) is 15.3. The van der Waals surface area contributed by atoms with E-state index in [0.29, 0.717) is 6.42 Å². The third-order valence-electron chi connectivity index (χ3n) is 3.53. The quantitative estimate of drug-likeness (QED) is 0.860. The monoisotopic (exact) mass is 311 g/mol. The highest BCUT2D eigenvalue weighted by molar-refractivity contribution is 7.91. The molecule has 1 amide bonds. The summed E-state index contributed by atoms with van der Waals surface area (Å²) in [6.07, 6.45) is 1.71. The maximum atomic E-state index is 11.7. The zero-order valence-corrected chi connectivity index (χ0v) is 13.0. The highest BCUT2D eigenvalue weighted by atomic mass is 32.2. The molecule has 1 saturated heterocycles. The fourth-order valence-corrected chi connectivity index (χ4v) is 3.96. The number of carbonyl (C=O) groups is 1. The lowest BCUT2D eigenvalue weighted by Gasteiger charge is -2.11. The maximum Gasteiger partial charge on any atom is 0.223 e. The molecule has 1 N–H and O–H groups in total. The number of aryl methyl sites for hydroxylation is 1. The molecule has 0 aliphatic carbocycles. The van der Waals surface area contributed by atoms with Gasteiger partial charge in [-0.3, -0.25) is 4.79 Å². The first-order valence-corrected chi connectivity index (χ1v) is 9.02. The lowest BCUT2D eigenvalue weighted by molar-refractivity contribution is -0.122. The second-order valence-electron chi connectivity index (χ2n) is 5.26. The minimum absolute atomic E-state index is 0.0536. The number of hydrogen-bond donors (Lipinski definition) is 1. The smallest absolute Gasteiger partial charge is 0.223 e. The van der Waals surface area contributed by atoms with E-state index in [1.165, 1.54) is 5.56 Å². The number of rotatable bonds is 6. The Morgan fingerprint density at radius 3 is 2.62 bits per heavy atom. The summed E-state index contributed by atoms with van der Waals surface area (Å²) >= 11 is 0. The number of amides is 1. The number of sulfone groups is 1. The van der Waals surface area contributed by atoms with Crippen LogP contribution in [0, 0.1) is 0 Å². The summed E-state index contributed by atoms with van der Waals surface area (Å²) in [7, 11) is -2.96. The Hall–Kier alpha value is -1.56. The molecule has 1 atom stereocenters. The van der Waals surface area contributed by atoms with Crippen LogP contribution in [0.25, 0.3) is 0 Å². The van der Waals surface area contributed by atoms with E-state index in [-0.39, 0.29) is 36.5 Å². The van der Waals surface area contributed by atoms with Crippen LogP contribution in [0.4, 0.5) is 0 Å². The van der Waals surface area contributed by atoms with Crippen LogP contribution >= 0.6 is 0 Å². The van der Waals surface area contributed by atoms with Crippen molar-refractivity contribution in [2.24, 2.45) is 0 Å². The van der Waals surface area contributed by atoms with E-state index in [9.17, 15) is 13.2 Å². The van der Waals surface area contributed by atoms with Gasteiger partial charge in [0.25, 0.3) is 0 Å². The number of benzene rings is 1. The van der Waals surface area contributed by atoms with Crippen molar-refractivity contribution in [1.82, 2.24) is 5.32 Å². The van der Waals surface area contributed by atoms with Gasteiger partial charge in [-0.25, -0.2) is 8.42 Å². The average Bonchev–Trinajstić information content (AvgIpc) is 2.78. The van der Waals surface area contributed by atoms with Crippen LogP contribution in [0.2, 0.25) is 0 Å². The van der Waals surface area contributed by atoms with Crippen molar-refractivity contribution in [2.45, 2.75) is 32.2 Å². The Bertz CT molecular complexity index is 580. The van der Waals surface area contributed by atoms with Gasteiger partial charge >= 0.3 is 0 Å². The van der Waals surface area contributed by atoms with Gasteiger partial charge in [0.05, 0.1) is 24.5 Å². The van der Waals surface area contributed by atoms with Crippen molar-refractivity contribution in [3.63, 3.8) is 0 Å². The zero-order valence-electron chi connectivity index (χ0n) is 12.2. The number of nitrogens with one attached hydrogen (secondary N) is 1. The molecule has 21 heavy (non-hydrogen) atoms.